The number of aromatic hydroxyl groups is 1. The highest BCUT2D eigenvalue weighted by molar-refractivity contribution is 14.1. The third-order valence-electron chi connectivity index (χ3n) is 2.45. The number of benzene rings is 1. The van der Waals surface area contributed by atoms with Gasteiger partial charge in [-0.25, -0.2) is 0 Å². The summed E-state index contributed by atoms with van der Waals surface area (Å²) in [5.74, 6) is 1.20. The van der Waals surface area contributed by atoms with Crippen molar-refractivity contribution in [2.45, 2.75) is 20.3 Å². The van der Waals surface area contributed by atoms with Crippen molar-refractivity contribution in [3.8, 4) is 11.5 Å². The standard InChI is InChI=1S/C12H17IO3/c1-8(7-16-13)4-10-5-9(2)12(15-3)11(14)6-10/h5-6,8,14H,4,7H2,1-3H3/t8-/m0/s1. The molecule has 0 fully saturated rings. The van der Waals surface area contributed by atoms with Crippen molar-refractivity contribution in [1.82, 2.24) is 0 Å². The predicted octanol–water partition coefficient (Wildman–Crippen LogP) is 3.25. The van der Waals surface area contributed by atoms with E-state index in [0.29, 0.717) is 18.3 Å². The van der Waals surface area contributed by atoms with Crippen LogP contribution < -0.4 is 4.74 Å². The average molecular weight is 336 g/mol. The summed E-state index contributed by atoms with van der Waals surface area (Å²) in [5.41, 5.74) is 2.07. The number of phenolic OH excluding ortho intramolecular Hbond substituents is 1. The number of halogens is 1. The lowest BCUT2D eigenvalue weighted by molar-refractivity contribution is 0.337. The van der Waals surface area contributed by atoms with Crippen LogP contribution in [0.3, 0.4) is 0 Å². The van der Waals surface area contributed by atoms with Crippen LogP contribution in [0.4, 0.5) is 0 Å². The van der Waals surface area contributed by atoms with E-state index in [2.05, 4.69) is 6.92 Å². The van der Waals surface area contributed by atoms with Gasteiger partial charge in [0.05, 0.1) is 13.7 Å². The Hall–Kier alpha value is -0.490. The fourth-order valence-corrected chi connectivity index (χ4v) is 2.39. The molecule has 0 amide bonds. The molecule has 16 heavy (non-hydrogen) atoms. The molecule has 0 heterocycles. The first kappa shape index (κ1) is 13.6. The lowest BCUT2D eigenvalue weighted by atomic mass is 9.99. The van der Waals surface area contributed by atoms with Crippen molar-refractivity contribution in [2.24, 2.45) is 5.92 Å². The molecule has 4 heteroatoms. The molecule has 90 valence electrons. The minimum Gasteiger partial charge on any atom is -0.504 e. The first-order valence-electron chi connectivity index (χ1n) is 5.18. The summed E-state index contributed by atoms with van der Waals surface area (Å²) >= 11 is 1.90. The molecule has 1 atom stereocenters. The van der Waals surface area contributed by atoms with Gasteiger partial charge in [0.2, 0.25) is 0 Å². The molecule has 1 aromatic rings. The lowest BCUT2D eigenvalue weighted by Gasteiger charge is -2.13. The van der Waals surface area contributed by atoms with Gasteiger partial charge in [-0.1, -0.05) is 13.0 Å². The van der Waals surface area contributed by atoms with E-state index in [4.69, 9.17) is 7.80 Å². The minimum atomic E-state index is 0.208. The molecule has 1 N–H and O–H groups in total. The Bertz CT molecular complexity index is 329. The monoisotopic (exact) mass is 336 g/mol. The Morgan fingerprint density at radius 3 is 2.62 bits per heavy atom. The SMILES string of the molecule is COc1c(C)cc(C[C@H](C)COI)cc1O. The Balaban J connectivity index is 2.83. The maximum Gasteiger partial charge on any atom is 0.163 e. The van der Waals surface area contributed by atoms with Gasteiger partial charge in [-0.15, -0.1) is 0 Å². The van der Waals surface area contributed by atoms with E-state index in [-0.39, 0.29) is 5.75 Å². The highest BCUT2D eigenvalue weighted by Gasteiger charge is 2.10. The van der Waals surface area contributed by atoms with Crippen LogP contribution in [0.5, 0.6) is 11.5 Å². The van der Waals surface area contributed by atoms with E-state index < -0.39 is 0 Å². The second-order valence-corrected chi connectivity index (χ2v) is 4.67. The molecule has 0 saturated carbocycles. The van der Waals surface area contributed by atoms with E-state index in [1.807, 2.05) is 36.0 Å². The van der Waals surface area contributed by atoms with Gasteiger partial charge in [-0.05, 0) is 36.5 Å². The van der Waals surface area contributed by atoms with E-state index >= 15 is 0 Å². The van der Waals surface area contributed by atoms with E-state index in [9.17, 15) is 5.11 Å². The summed E-state index contributed by atoms with van der Waals surface area (Å²) in [6, 6.07) is 3.80. The fraction of sp³-hybridized carbons (Fsp3) is 0.500. The summed E-state index contributed by atoms with van der Waals surface area (Å²) in [6.45, 7) is 4.77. The van der Waals surface area contributed by atoms with Crippen molar-refractivity contribution in [3.63, 3.8) is 0 Å². The maximum absolute atomic E-state index is 9.76. The van der Waals surface area contributed by atoms with E-state index in [1.54, 1.807) is 13.2 Å². The van der Waals surface area contributed by atoms with Gasteiger partial charge < -0.3 is 12.9 Å². The van der Waals surface area contributed by atoms with Crippen molar-refractivity contribution in [2.75, 3.05) is 13.7 Å². The molecule has 0 radical (unpaired) electrons. The summed E-state index contributed by atoms with van der Waals surface area (Å²) in [6.07, 6.45) is 0.890. The number of aryl methyl sites for hydroxylation is 1. The minimum absolute atomic E-state index is 0.208. The van der Waals surface area contributed by atoms with Gasteiger partial charge >= 0.3 is 0 Å². The van der Waals surface area contributed by atoms with Crippen LogP contribution in [0.1, 0.15) is 18.1 Å². The number of rotatable bonds is 5. The second-order valence-electron chi connectivity index (χ2n) is 4.05. The highest BCUT2D eigenvalue weighted by Crippen LogP contribution is 2.31. The molecule has 0 aliphatic rings. The van der Waals surface area contributed by atoms with Crippen molar-refractivity contribution >= 4 is 23.0 Å². The molecule has 0 unspecified atom stereocenters. The third kappa shape index (κ3) is 3.52. The molecule has 1 aromatic carbocycles. The number of phenols is 1. The van der Waals surface area contributed by atoms with Crippen LogP contribution in [0.2, 0.25) is 0 Å². The Kier molecular flexibility index (Phi) is 5.34. The Labute approximate surface area is 110 Å². The van der Waals surface area contributed by atoms with Gasteiger partial charge in [0.1, 0.15) is 23.0 Å². The topological polar surface area (TPSA) is 38.7 Å². The molecule has 0 spiro atoms. The predicted molar refractivity (Wildman–Crippen MR) is 72.2 cm³/mol. The lowest BCUT2D eigenvalue weighted by Crippen LogP contribution is -2.05. The molecular weight excluding hydrogens is 319 g/mol. The number of ether oxygens (including phenoxy) is 1. The quantitative estimate of drug-likeness (QED) is 0.839. The van der Waals surface area contributed by atoms with Crippen LogP contribution in [-0.2, 0) is 9.49 Å². The summed E-state index contributed by atoms with van der Waals surface area (Å²) < 4.78 is 10.2. The van der Waals surface area contributed by atoms with Gasteiger partial charge in [0, 0.05) is 0 Å². The zero-order valence-corrected chi connectivity index (χ0v) is 11.9. The number of hydrogen-bond acceptors (Lipinski definition) is 3. The third-order valence-corrected chi connectivity index (χ3v) is 2.81. The van der Waals surface area contributed by atoms with Crippen LogP contribution in [0, 0.1) is 12.8 Å². The molecule has 0 bridgehead atoms. The largest absolute Gasteiger partial charge is 0.504 e. The first-order chi connectivity index (χ1) is 7.58. The van der Waals surface area contributed by atoms with Gasteiger partial charge in [-0.2, -0.15) is 0 Å². The van der Waals surface area contributed by atoms with Gasteiger partial charge in [-0.3, -0.25) is 0 Å². The van der Waals surface area contributed by atoms with Gasteiger partial charge in [0.25, 0.3) is 0 Å². The molecule has 1 rings (SSSR count). The summed E-state index contributed by atoms with van der Waals surface area (Å²) in [4.78, 5) is 0. The molecule has 0 aliphatic heterocycles. The average Bonchev–Trinajstić information content (AvgIpc) is 2.17. The van der Waals surface area contributed by atoms with Crippen molar-refractivity contribution in [1.29, 1.82) is 0 Å². The first-order valence-corrected chi connectivity index (χ1v) is 6.06. The zero-order chi connectivity index (χ0) is 12.1. The van der Waals surface area contributed by atoms with Crippen LogP contribution >= 0.6 is 23.0 Å². The molecule has 3 nitrogen and oxygen atoms in total. The number of hydrogen-bond donors (Lipinski definition) is 1. The Morgan fingerprint density at radius 2 is 2.12 bits per heavy atom. The normalized spacial score (nSPS) is 12.5. The summed E-state index contributed by atoms with van der Waals surface area (Å²) in [7, 11) is 1.56. The molecular formula is C12H17IO3. The second kappa shape index (κ2) is 6.30. The van der Waals surface area contributed by atoms with Gasteiger partial charge in [0.15, 0.2) is 11.5 Å². The van der Waals surface area contributed by atoms with Crippen LogP contribution in [-0.4, -0.2) is 18.8 Å². The fourth-order valence-electron chi connectivity index (χ4n) is 1.78. The Morgan fingerprint density at radius 1 is 1.44 bits per heavy atom. The van der Waals surface area contributed by atoms with Crippen molar-refractivity contribution in [3.05, 3.63) is 23.3 Å². The highest BCUT2D eigenvalue weighted by atomic mass is 127. The van der Waals surface area contributed by atoms with Crippen molar-refractivity contribution < 1.29 is 12.9 Å². The summed E-state index contributed by atoms with van der Waals surface area (Å²) in [5, 5.41) is 9.76. The van der Waals surface area contributed by atoms with Crippen LogP contribution in [0.15, 0.2) is 12.1 Å². The smallest absolute Gasteiger partial charge is 0.163 e. The molecule has 0 aromatic heterocycles. The van der Waals surface area contributed by atoms with E-state index in [1.165, 1.54) is 0 Å². The number of methoxy groups -OCH3 is 1. The van der Waals surface area contributed by atoms with E-state index in [0.717, 1.165) is 17.5 Å². The molecule has 0 aliphatic carbocycles. The zero-order valence-electron chi connectivity index (χ0n) is 9.79. The maximum atomic E-state index is 9.76. The van der Waals surface area contributed by atoms with Crippen LogP contribution in [0.25, 0.3) is 0 Å². The molecule has 0 saturated heterocycles.